The molecule has 0 aromatic carbocycles. The van der Waals surface area contributed by atoms with Gasteiger partial charge in [0.25, 0.3) is 0 Å². The zero-order valence-corrected chi connectivity index (χ0v) is 11.5. The summed E-state index contributed by atoms with van der Waals surface area (Å²) in [4.78, 5) is 6.73. The molecule has 0 spiro atoms. The molecule has 1 aliphatic heterocycles. The second-order valence-electron chi connectivity index (χ2n) is 4.89. The van der Waals surface area contributed by atoms with Crippen molar-refractivity contribution in [3.63, 3.8) is 0 Å². The fraction of sp³-hybridized carbons (Fsp3) is 0.769. The first kappa shape index (κ1) is 13.0. The molecule has 0 bridgehead atoms. The summed E-state index contributed by atoms with van der Waals surface area (Å²) in [5.74, 6) is 2.15. The van der Waals surface area contributed by atoms with E-state index in [2.05, 4.69) is 26.9 Å². The second kappa shape index (κ2) is 7.07. The van der Waals surface area contributed by atoms with Crippen molar-refractivity contribution in [2.75, 3.05) is 31.6 Å². The van der Waals surface area contributed by atoms with Crippen molar-refractivity contribution in [2.24, 2.45) is 5.92 Å². The van der Waals surface area contributed by atoms with Gasteiger partial charge in [-0.3, -0.25) is 0 Å². The van der Waals surface area contributed by atoms with Gasteiger partial charge in [0.2, 0.25) is 0 Å². The minimum Gasteiger partial charge on any atom is -0.337 e. The van der Waals surface area contributed by atoms with Gasteiger partial charge in [0.05, 0.1) is 6.33 Å². The average molecular weight is 253 g/mol. The molecule has 0 atom stereocenters. The third-order valence-corrected chi connectivity index (χ3v) is 4.26. The number of thioether (sulfide) groups is 1. The van der Waals surface area contributed by atoms with Gasteiger partial charge in [-0.15, -0.1) is 0 Å². The molecule has 1 aliphatic rings. The van der Waals surface area contributed by atoms with Crippen LogP contribution in [-0.2, 0) is 6.54 Å². The van der Waals surface area contributed by atoms with Crippen LogP contribution in [0.25, 0.3) is 0 Å². The number of aromatic nitrogens is 2. The lowest BCUT2D eigenvalue weighted by molar-refractivity contribution is 0.174. The molecule has 96 valence electrons. The molecule has 4 heteroatoms. The first-order chi connectivity index (χ1) is 8.38. The van der Waals surface area contributed by atoms with E-state index in [-0.39, 0.29) is 0 Å². The number of imidazole rings is 1. The Morgan fingerprint density at radius 2 is 2.18 bits per heavy atom. The summed E-state index contributed by atoms with van der Waals surface area (Å²) in [6.45, 7) is 5.01. The minimum absolute atomic E-state index is 0.848. The van der Waals surface area contributed by atoms with Crippen LogP contribution in [0.5, 0.6) is 0 Å². The van der Waals surface area contributed by atoms with Crippen LogP contribution in [0.1, 0.15) is 19.3 Å². The molecule has 2 rings (SSSR count). The Morgan fingerprint density at radius 3 is 2.82 bits per heavy atom. The Hall–Kier alpha value is -0.480. The normalized spacial score (nSPS) is 18.6. The molecule has 17 heavy (non-hydrogen) atoms. The van der Waals surface area contributed by atoms with E-state index in [9.17, 15) is 0 Å². The van der Waals surface area contributed by atoms with Crippen LogP contribution in [0.15, 0.2) is 18.7 Å². The van der Waals surface area contributed by atoms with Crippen molar-refractivity contribution >= 4 is 11.8 Å². The fourth-order valence-corrected chi connectivity index (χ4v) is 2.94. The molecule has 1 fully saturated rings. The first-order valence-electron chi connectivity index (χ1n) is 6.55. The topological polar surface area (TPSA) is 21.1 Å². The monoisotopic (exact) mass is 253 g/mol. The molecule has 0 saturated carbocycles. The fourth-order valence-electron chi connectivity index (χ4n) is 2.52. The Balaban J connectivity index is 1.64. The van der Waals surface area contributed by atoms with Gasteiger partial charge in [0, 0.05) is 18.9 Å². The van der Waals surface area contributed by atoms with E-state index >= 15 is 0 Å². The summed E-state index contributed by atoms with van der Waals surface area (Å²) in [6.07, 6.45) is 12.1. The molecular weight excluding hydrogens is 230 g/mol. The molecule has 0 unspecified atom stereocenters. The highest BCUT2D eigenvalue weighted by molar-refractivity contribution is 7.98. The lowest BCUT2D eigenvalue weighted by atomic mass is 9.96. The lowest BCUT2D eigenvalue weighted by Crippen LogP contribution is -2.35. The van der Waals surface area contributed by atoms with E-state index in [1.165, 1.54) is 44.6 Å². The molecule has 0 aliphatic carbocycles. The van der Waals surface area contributed by atoms with Crippen LogP contribution in [-0.4, -0.2) is 46.1 Å². The number of hydrogen-bond acceptors (Lipinski definition) is 3. The summed E-state index contributed by atoms with van der Waals surface area (Å²) >= 11 is 1.96. The molecule has 0 radical (unpaired) electrons. The number of piperidine rings is 1. The van der Waals surface area contributed by atoms with Gasteiger partial charge in [0.1, 0.15) is 0 Å². The van der Waals surface area contributed by atoms with Gasteiger partial charge in [0.15, 0.2) is 0 Å². The maximum absolute atomic E-state index is 4.10. The zero-order chi connectivity index (χ0) is 11.9. The van der Waals surface area contributed by atoms with Gasteiger partial charge >= 0.3 is 0 Å². The van der Waals surface area contributed by atoms with E-state index in [1.807, 2.05) is 24.3 Å². The molecule has 1 saturated heterocycles. The van der Waals surface area contributed by atoms with E-state index in [0.717, 1.165) is 12.5 Å². The predicted molar refractivity (Wildman–Crippen MR) is 74.4 cm³/mol. The Kier molecular flexibility index (Phi) is 5.39. The summed E-state index contributed by atoms with van der Waals surface area (Å²) in [6, 6.07) is 0. The van der Waals surface area contributed by atoms with E-state index in [4.69, 9.17) is 0 Å². The van der Waals surface area contributed by atoms with Crippen molar-refractivity contribution in [3.8, 4) is 0 Å². The zero-order valence-electron chi connectivity index (χ0n) is 10.7. The maximum atomic E-state index is 4.10. The third-order valence-electron chi connectivity index (χ3n) is 3.56. The highest BCUT2D eigenvalue weighted by atomic mass is 32.2. The summed E-state index contributed by atoms with van der Waals surface area (Å²) in [5.41, 5.74) is 0. The van der Waals surface area contributed by atoms with Gasteiger partial charge < -0.3 is 9.47 Å². The Bertz CT molecular complexity index is 292. The molecule has 3 nitrogen and oxygen atoms in total. The molecule has 1 aromatic rings. The van der Waals surface area contributed by atoms with Crippen LogP contribution in [0.4, 0.5) is 0 Å². The Labute approximate surface area is 109 Å². The highest BCUT2D eigenvalue weighted by Gasteiger charge is 2.18. The lowest BCUT2D eigenvalue weighted by Gasteiger charge is -2.32. The van der Waals surface area contributed by atoms with Crippen molar-refractivity contribution in [1.29, 1.82) is 0 Å². The minimum atomic E-state index is 0.848. The molecular formula is C13H23N3S. The smallest absolute Gasteiger partial charge is 0.0945 e. The number of nitrogens with zero attached hydrogens (tertiary/aromatic N) is 3. The quantitative estimate of drug-likeness (QED) is 0.726. The molecule has 1 aromatic heterocycles. The molecule has 0 N–H and O–H groups in total. The summed E-state index contributed by atoms with van der Waals surface area (Å²) in [7, 11) is 0. The maximum Gasteiger partial charge on any atom is 0.0945 e. The van der Waals surface area contributed by atoms with Crippen LogP contribution < -0.4 is 0 Å². The van der Waals surface area contributed by atoms with Crippen molar-refractivity contribution in [1.82, 2.24) is 14.5 Å². The van der Waals surface area contributed by atoms with Crippen LogP contribution in [0.3, 0.4) is 0 Å². The molecule has 0 amide bonds. The van der Waals surface area contributed by atoms with Gasteiger partial charge in [-0.1, -0.05) is 0 Å². The second-order valence-corrected chi connectivity index (χ2v) is 5.88. The Morgan fingerprint density at radius 1 is 1.35 bits per heavy atom. The number of likely N-dealkylation sites (tertiary alicyclic amines) is 1. The number of hydrogen-bond donors (Lipinski definition) is 0. The van der Waals surface area contributed by atoms with Gasteiger partial charge in [-0.05, 0) is 56.8 Å². The predicted octanol–water partition coefficient (Wildman–Crippen LogP) is 2.35. The number of rotatable bonds is 6. The summed E-state index contributed by atoms with van der Waals surface area (Å²) < 4.78 is 2.22. The van der Waals surface area contributed by atoms with Crippen LogP contribution in [0.2, 0.25) is 0 Å². The summed E-state index contributed by atoms with van der Waals surface area (Å²) in [5, 5.41) is 0. The van der Waals surface area contributed by atoms with E-state index in [1.54, 1.807) is 0 Å². The van der Waals surface area contributed by atoms with Crippen molar-refractivity contribution < 1.29 is 0 Å². The highest BCUT2D eigenvalue weighted by Crippen LogP contribution is 2.19. The van der Waals surface area contributed by atoms with Crippen LogP contribution in [0, 0.1) is 5.92 Å². The van der Waals surface area contributed by atoms with Gasteiger partial charge in [-0.25, -0.2) is 4.98 Å². The van der Waals surface area contributed by atoms with Crippen molar-refractivity contribution in [2.45, 2.75) is 25.8 Å². The largest absolute Gasteiger partial charge is 0.337 e. The first-order valence-corrected chi connectivity index (χ1v) is 7.95. The van der Waals surface area contributed by atoms with Crippen molar-refractivity contribution in [3.05, 3.63) is 18.7 Å². The van der Waals surface area contributed by atoms with E-state index < -0.39 is 0 Å². The van der Waals surface area contributed by atoms with Gasteiger partial charge in [-0.2, -0.15) is 11.8 Å². The molecule has 2 heterocycles. The average Bonchev–Trinajstić information content (AvgIpc) is 2.85. The third kappa shape index (κ3) is 4.36. The standard InChI is InChI=1S/C13H23N3S/c1-17-10-2-6-15-7-3-13(4-8-15)11-16-9-5-14-12-16/h5,9,12-13H,2-4,6-8,10-11H2,1H3. The van der Waals surface area contributed by atoms with E-state index in [0.29, 0.717) is 0 Å². The van der Waals surface area contributed by atoms with Crippen LogP contribution >= 0.6 is 11.8 Å². The SMILES string of the molecule is CSCCCN1CCC(Cn2ccnc2)CC1.